The molecule has 1 heterocycles. The maximum absolute atomic E-state index is 12.2. The molecule has 6 heteroatoms. The zero-order valence-corrected chi connectivity index (χ0v) is 13.6. The summed E-state index contributed by atoms with van der Waals surface area (Å²) in [5, 5.41) is 11.6. The first-order valence-electron chi connectivity index (χ1n) is 8.26. The second-order valence-corrected chi connectivity index (χ2v) is 6.03. The summed E-state index contributed by atoms with van der Waals surface area (Å²) in [7, 11) is 0. The van der Waals surface area contributed by atoms with Crippen molar-refractivity contribution in [1.82, 2.24) is 5.32 Å². The fourth-order valence-corrected chi connectivity index (χ4v) is 2.91. The van der Waals surface area contributed by atoms with Gasteiger partial charge in [0.2, 0.25) is 0 Å². The van der Waals surface area contributed by atoms with E-state index in [4.69, 9.17) is 14.3 Å². The standard InChI is InChI=1S/C17H25NO5/c1-12-11-23-14(10-15(19)20)16(12)17(21)18-8-5-9-22-13-6-3-2-4-7-13/h11,13H,2-10H2,1H3,(H,18,21)(H,19,20). The molecular weight excluding hydrogens is 298 g/mol. The number of amides is 1. The number of carboxylic acids is 1. The van der Waals surface area contributed by atoms with Crippen molar-refractivity contribution in [3.63, 3.8) is 0 Å². The number of carbonyl (C=O) groups excluding carboxylic acids is 1. The number of ether oxygens (including phenoxy) is 1. The van der Waals surface area contributed by atoms with E-state index in [1.165, 1.54) is 25.5 Å². The summed E-state index contributed by atoms with van der Waals surface area (Å²) in [5.74, 6) is -1.11. The SMILES string of the molecule is Cc1coc(CC(=O)O)c1C(=O)NCCCOC1CCCCC1. The Kier molecular flexibility index (Phi) is 6.65. The highest BCUT2D eigenvalue weighted by atomic mass is 16.5. The predicted octanol–water partition coefficient (Wildman–Crippen LogP) is 2.68. The second kappa shape index (κ2) is 8.72. The average molecular weight is 323 g/mol. The maximum atomic E-state index is 12.2. The molecule has 0 atom stereocenters. The van der Waals surface area contributed by atoms with E-state index in [0.717, 1.165) is 19.3 Å². The molecule has 2 rings (SSSR count). The molecule has 23 heavy (non-hydrogen) atoms. The van der Waals surface area contributed by atoms with Gasteiger partial charge >= 0.3 is 5.97 Å². The van der Waals surface area contributed by atoms with Crippen molar-refractivity contribution in [2.75, 3.05) is 13.2 Å². The Bertz CT molecular complexity index is 531. The number of hydrogen-bond acceptors (Lipinski definition) is 4. The molecule has 0 unspecified atom stereocenters. The van der Waals surface area contributed by atoms with E-state index in [1.807, 2.05) is 0 Å². The van der Waals surface area contributed by atoms with Crippen LogP contribution in [0.25, 0.3) is 0 Å². The van der Waals surface area contributed by atoms with Crippen molar-refractivity contribution >= 4 is 11.9 Å². The van der Waals surface area contributed by atoms with Gasteiger partial charge in [-0.2, -0.15) is 0 Å². The molecule has 6 nitrogen and oxygen atoms in total. The van der Waals surface area contributed by atoms with Crippen molar-refractivity contribution in [3.05, 3.63) is 23.2 Å². The molecule has 1 aromatic rings. The molecule has 1 aromatic heterocycles. The van der Waals surface area contributed by atoms with E-state index in [-0.39, 0.29) is 18.1 Å². The van der Waals surface area contributed by atoms with Crippen LogP contribution in [0, 0.1) is 6.92 Å². The molecule has 0 aliphatic heterocycles. The lowest BCUT2D eigenvalue weighted by Crippen LogP contribution is -2.27. The minimum atomic E-state index is -1.02. The van der Waals surface area contributed by atoms with E-state index < -0.39 is 5.97 Å². The molecular formula is C17H25NO5. The largest absolute Gasteiger partial charge is 0.481 e. The Labute approximate surface area is 136 Å². The maximum Gasteiger partial charge on any atom is 0.311 e. The van der Waals surface area contributed by atoms with Crippen LogP contribution in [0.3, 0.4) is 0 Å². The van der Waals surface area contributed by atoms with Crippen LogP contribution in [-0.4, -0.2) is 36.2 Å². The highest BCUT2D eigenvalue weighted by molar-refractivity contribution is 5.97. The first-order chi connectivity index (χ1) is 11.1. The number of furan rings is 1. The Balaban J connectivity index is 1.72. The second-order valence-electron chi connectivity index (χ2n) is 6.03. The molecule has 1 saturated carbocycles. The van der Waals surface area contributed by atoms with Gasteiger partial charge < -0.3 is 19.6 Å². The van der Waals surface area contributed by atoms with Gasteiger partial charge in [-0.3, -0.25) is 9.59 Å². The average Bonchev–Trinajstić information content (AvgIpc) is 2.87. The topological polar surface area (TPSA) is 88.8 Å². The van der Waals surface area contributed by atoms with Gasteiger partial charge in [-0.15, -0.1) is 0 Å². The highest BCUT2D eigenvalue weighted by Crippen LogP contribution is 2.20. The third-order valence-electron chi connectivity index (χ3n) is 4.10. The number of carbonyl (C=O) groups is 2. The first-order valence-corrected chi connectivity index (χ1v) is 8.26. The molecule has 0 bridgehead atoms. The van der Waals surface area contributed by atoms with Crippen LogP contribution in [0.1, 0.15) is 60.2 Å². The molecule has 1 aliphatic carbocycles. The van der Waals surface area contributed by atoms with E-state index in [9.17, 15) is 9.59 Å². The van der Waals surface area contributed by atoms with Gasteiger partial charge in [-0.1, -0.05) is 19.3 Å². The number of nitrogens with one attached hydrogen (secondary N) is 1. The van der Waals surface area contributed by atoms with Crippen molar-refractivity contribution in [1.29, 1.82) is 0 Å². The fourth-order valence-electron chi connectivity index (χ4n) is 2.91. The third-order valence-corrected chi connectivity index (χ3v) is 4.10. The molecule has 2 N–H and O–H groups in total. The van der Waals surface area contributed by atoms with Gasteiger partial charge in [0.05, 0.1) is 17.9 Å². The molecule has 0 spiro atoms. The Hall–Kier alpha value is -1.82. The van der Waals surface area contributed by atoms with Crippen LogP contribution in [0.5, 0.6) is 0 Å². The summed E-state index contributed by atoms with van der Waals surface area (Å²) in [5.41, 5.74) is 0.984. The van der Waals surface area contributed by atoms with Crippen molar-refractivity contribution < 1.29 is 23.8 Å². The summed E-state index contributed by atoms with van der Waals surface area (Å²) >= 11 is 0. The van der Waals surface area contributed by atoms with E-state index in [0.29, 0.717) is 30.4 Å². The van der Waals surface area contributed by atoms with Gasteiger partial charge in [-0.05, 0) is 26.2 Å². The van der Waals surface area contributed by atoms with Gasteiger partial charge in [0.1, 0.15) is 12.2 Å². The number of hydrogen-bond donors (Lipinski definition) is 2. The lowest BCUT2D eigenvalue weighted by atomic mass is 9.98. The van der Waals surface area contributed by atoms with E-state index in [1.54, 1.807) is 6.92 Å². The number of rotatable bonds is 8. The summed E-state index contributed by atoms with van der Waals surface area (Å²) in [4.78, 5) is 23.0. The fraction of sp³-hybridized carbons (Fsp3) is 0.647. The minimum absolute atomic E-state index is 0.200. The smallest absolute Gasteiger partial charge is 0.311 e. The van der Waals surface area contributed by atoms with Crippen molar-refractivity contribution in [3.8, 4) is 0 Å². The lowest BCUT2D eigenvalue weighted by Gasteiger charge is -2.21. The summed E-state index contributed by atoms with van der Waals surface area (Å²) in [6.07, 6.45) is 8.31. The van der Waals surface area contributed by atoms with Crippen LogP contribution < -0.4 is 5.32 Å². The molecule has 1 fully saturated rings. The Morgan fingerprint density at radius 3 is 2.78 bits per heavy atom. The van der Waals surface area contributed by atoms with Gasteiger partial charge in [-0.25, -0.2) is 0 Å². The number of aryl methyl sites for hydroxylation is 1. The van der Waals surface area contributed by atoms with Crippen LogP contribution >= 0.6 is 0 Å². The third kappa shape index (κ3) is 5.39. The minimum Gasteiger partial charge on any atom is -0.481 e. The lowest BCUT2D eigenvalue weighted by molar-refractivity contribution is -0.136. The monoisotopic (exact) mass is 323 g/mol. The zero-order chi connectivity index (χ0) is 16.7. The summed E-state index contributed by atoms with van der Waals surface area (Å²) in [6, 6.07) is 0. The Morgan fingerprint density at radius 2 is 2.09 bits per heavy atom. The van der Waals surface area contributed by atoms with Crippen LogP contribution in [0.4, 0.5) is 0 Å². The molecule has 0 saturated heterocycles. The molecule has 1 amide bonds. The van der Waals surface area contributed by atoms with E-state index in [2.05, 4.69) is 5.32 Å². The van der Waals surface area contributed by atoms with Crippen molar-refractivity contribution in [2.45, 2.75) is 58.0 Å². The van der Waals surface area contributed by atoms with Gasteiger partial charge in [0, 0.05) is 18.7 Å². The summed E-state index contributed by atoms with van der Waals surface area (Å²) in [6.45, 7) is 2.87. The summed E-state index contributed by atoms with van der Waals surface area (Å²) < 4.78 is 11.0. The van der Waals surface area contributed by atoms with Gasteiger partial charge in [0.15, 0.2) is 0 Å². The highest BCUT2D eigenvalue weighted by Gasteiger charge is 2.20. The first kappa shape index (κ1) is 17.5. The molecule has 1 aliphatic rings. The number of aliphatic carboxylic acids is 1. The number of carboxylic acid groups (broad SMARTS) is 1. The zero-order valence-electron chi connectivity index (χ0n) is 13.6. The van der Waals surface area contributed by atoms with Crippen molar-refractivity contribution in [2.24, 2.45) is 0 Å². The van der Waals surface area contributed by atoms with E-state index >= 15 is 0 Å². The van der Waals surface area contributed by atoms with Crippen LogP contribution in [0.15, 0.2) is 10.7 Å². The van der Waals surface area contributed by atoms with Gasteiger partial charge in [0.25, 0.3) is 5.91 Å². The quantitative estimate of drug-likeness (QED) is 0.718. The molecule has 0 aromatic carbocycles. The van der Waals surface area contributed by atoms with Crippen LogP contribution in [0.2, 0.25) is 0 Å². The predicted molar refractivity (Wildman–Crippen MR) is 84.6 cm³/mol. The normalized spacial score (nSPS) is 15.5. The molecule has 0 radical (unpaired) electrons. The molecule has 128 valence electrons. The van der Waals surface area contributed by atoms with Crippen LogP contribution in [-0.2, 0) is 16.0 Å². The Morgan fingerprint density at radius 1 is 1.35 bits per heavy atom.